The maximum Gasteiger partial charge on any atom is 0.215 e. The number of carbonyl (C=O) groups is 1. The summed E-state index contributed by atoms with van der Waals surface area (Å²) in [6.45, 7) is 10.9. The van der Waals surface area contributed by atoms with E-state index in [0.29, 0.717) is 28.8 Å². The molecule has 0 bridgehead atoms. The molecule has 1 fully saturated rings. The van der Waals surface area contributed by atoms with Gasteiger partial charge in [-0.15, -0.1) is 0 Å². The molecule has 1 atom stereocenters. The summed E-state index contributed by atoms with van der Waals surface area (Å²) in [5.41, 5.74) is 7.31. The summed E-state index contributed by atoms with van der Waals surface area (Å²) in [5.74, 6) is 1.42. The third-order valence-corrected chi connectivity index (χ3v) is 4.77. The van der Waals surface area contributed by atoms with Gasteiger partial charge in [0.15, 0.2) is 0 Å². The quantitative estimate of drug-likeness (QED) is 0.756. The molecule has 1 aliphatic heterocycles. The number of rotatable bonds is 6. The molecule has 0 radical (unpaired) electrons. The average molecular weight is 372 g/mol. The second-order valence-electron chi connectivity index (χ2n) is 7.30. The van der Waals surface area contributed by atoms with E-state index in [1.54, 1.807) is 24.4 Å². The molecular formula is C21H33N5O. The molecule has 6 heteroatoms. The third kappa shape index (κ3) is 4.34. The van der Waals surface area contributed by atoms with E-state index in [1.807, 2.05) is 12.1 Å². The van der Waals surface area contributed by atoms with Gasteiger partial charge in [-0.1, -0.05) is 26.5 Å². The van der Waals surface area contributed by atoms with Gasteiger partial charge in [0.25, 0.3) is 0 Å². The molecule has 0 spiro atoms. The number of anilines is 2. The fraction of sp³-hybridized carbons (Fsp3) is 0.381. The highest BCUT2D eigenvalue weighted by molar-refractivity contribution is 6.12. The molecule has 3 heterocycles. The van der Waals surface area contributed by atoms with Crippen LogP contribution in [0, 0.1) is 5.92 Å². The molecule has 0 saturated carbocycles. The second kappa shape index (κ2) is 8.31. The third-order valence-electron chi connectivity index (χ3n) is 4.77. The van der Waals surface area contributed by atoms with Crippen LogP contribution in [-0.4, -0.2) is 41.4 Å². The lowest BCUT2D eigenvalue weighted by molar-refractivity contribution is 0.103. The van der Waals surface area contributed by atoms with Crippen molar-refractivity contribution >= 4 is 23.5 Å². The Kier molecular flexibility index (Phi) is 5.86. The van der Waals surface area contributed by atoms with Gasteiger partial charge in [0.1, 0.15) is 17.3 Å². The number of ketones is 1. The fourth-order valence-electron chi connectivity index (χ4n) is 3.48. The highest BCUT2D eigenvalue weighted by atomic mass is 16.1. The van der Waals surface area contributed by atoms with E-state index in [9.17, 15) is 4.79 Å². The molecule has 148 valence electrons. The molecule has 2 aromatic rings. The largest absolute Gasteiger partial charge is 0.383 e. The van der Waals surface area contributed by atoms with E-state index in [1.165, 1.54) is 0 Å². The van der Waals surface area contributed by atoms with Crippen LogP contribution in [-0.2, 0) is 0 Å². The summed E-state index contributed by atoms with van der Waals surface area (Å²) in [7, 11) is 0. The van der Waals surface area contributed by atoms with Gasteiger partial charge < -0.3 is 16.0 Å². The number of piperazine rings is 1. The molecule has 3 rings (SSSR count). The highest BCUT2D eigenvalue weighted by Crippen LogP contribution is 2.22. The summed E-state index contributed by atoms with van der Waals surface area (Å²) < 4.78 is 0. The fourth-order valence-corrected chi connectivity index (χ4v) is 3.48. The first kappa shape index (κ1) is 19.0. The summed E-state index contributed by atoms with van der Waals surface area (Å²) >= 11 is 0. The van der Waals surface area contributed by atoms with Crippen molar-refractivity contribution < 1.29 is 9.07 Å². The molecule has 0 aliphatic carbocycles. The van der Waals surface area contributed by atoms with E-state index in [4.69, 9.17) is 10.7 Å². The van der Waals surface area contributed by atoms with Gasteiger partial charge in [-0.3, -0.25) is 4.79 Å². The predicted molar refractivity (Wildman–Crippen MR) is 116 cm³/mol. The van der Waals surface area contributed by atoms with E-state index < -0.39 is 0 Å². The minimum absolute atomic E-state index is 0. The van der Waals surface area contributed by atoms with Gasteiger partial charge in [0.05, 0.1) is 5.56 Å². The van der Waals surface area contributed by atoms with Crippen molar-refractivity contribution in [3.8, 4) is 0 Å². The Morgan fingerprint density at radius 3 is 3.00 bits per heavy atom. The standard InChI is InChI=1S/C21H27N5O.3H2/c1-4-15-7-8-18(26-11-10-23-16(13-26)12-14(2)3)25-19(15)20(27)17-6-5-9-24-21(17)22;;;/h4-9,14,16,23H,1,10-13H2,2-3H3,(H2,22,24);3*1H/t16-;;;/m0.../s1. The van der Waals surface area contributed by atoms with Crippen molar-refractivity contribution in [3.05, 3.63) is 53.9 Å². The van der Waals surface area contributed by atoms with Crippen molar-refractivity contribution in [1.82, 2.24) is 15.3 Å². The van der Waals surface area contributed by atoms with Crippen LogP contribution >= 0.6 is 0 Å². The number of nitrogens with one attached hydrogen (secondary N) is 1. The molecular weight excluding hydrogens is 338 g/mol. The molecule has 6 nitrogen and oxygen atoms in total. The SMILES string of the molecule is C=Cc1ccc(N2CCN[C@@H](CC(C)C)C2)nc1C(=O)c1cccnc1N.[HH].[HH].[HH]. The second-order valence-corrected chi connectivity index (χ2v) is 7.30. The Morgan fingerprint density at radius 1 is 1.48 bits per heavy atom. The number of pyridine rings is 2. The van der Waals surface area contributed by atoms with Gasteiger partial charge in [0.2, 0.25) is 5.78 Å². The van der Waals surface area contributed by atoms with Crippen molar-refractivity contribution in [2.75, 3.05) is 30.3 Å². The van der Waals surface area contributed by atoms with Crippen LogP contribution in [0.4, 0.5) is 11.6 Å². The summed E-state index contributed by atoms with van der Waals surface area (Å²) in [5, 5.41) is 3.57. The van der Waals surface area contributed by atoms with Crippen molar-refractivity contribution in [2.24, 2.45) is 5.92 Å². The molecule has 0 aromatic carbocycles. The Bertz CT molecular complexity index is 847. The number of nitrogen functional groups attached to an aromatic ring is 1. The van der Waals surface area contributed by atoms with Crippen LogP contribution < -0.4 is 16.0 Å². The predicted octanol–water partition coefficient (Wildman–Crippen LogP) is 3.50. The van der Waals surface area contributed by atoms with Crippen molar-refractivity contribution in [1.29, 1.82) is 0 Å². The topological polar surface area (TPSA) is 84.1 Å². The highest BCUT2D eigenvalue weighted by Gasteiger charge is 2.23. The Morgan fingerprint density at radius 2 is 2.30 bits per heavy atom. The zero-order valence-electron chi connectivity index (χ0n) is 16.0. The Balaban J connectivity index is 0.00000280. The monoisotopic (exact) mass is 371 g/mol. The van der Waals surface area contributed by atoms with Gasteiger partial charge in [-0.05, 0) is 36.6 Å². The van der Waals surface area contributed by atoms with Crippen molar-refractivity contribution in [2.45, 2.75) is 26.3 Å². The van der Waals surface area contributed by atoms with E-state index in [0.717, 1.165) is 31.9 Å². The summed E-state index contributed by atoms with van der Waals surface area (Å²) in [6, 6.07) is 7.66. The average Bonchev–Trinajstić information content (AvgIpc) is 2.67. The number of nitrogens with zero attached hydrogens (tertiary/aromatic N) is 3. The number of aromatic nitrogens is 2. The smallest absolute Gasteiger partial charge is 0.215 e. The zero-order chi connectivity index (χ0) is 19.4. The van der Waals surface area contributed by atoms with Crippen LogP contribution in [0.3, 0.4) is 0 Å². The number of carbonyl (C=O) groups excluding carboxylic acids is 1. The number of nitrogens with two attached hydrogens (primary N) is 1. The van der Waals surface area contributed by atoms with Gasteiger partial charge in [-0.25, -0.2) is 9.97 Å². The van der Waals surface area contributed by atoms with Gasteiger partial charge >= 0.3 is 0 Å². The van der Waals surface area contributed by atoms with E-state index >= 15 is 0 Å². The molecule has 2 aromatic heterocycles. The van der Waals surface area contributed by atoms with E-state index in [2.05, 4.69) is 35.6 Å². The van der Waals surface area contributed by atoms with Crippen LogP contribution in [0.2, 0.25) is 0 Å². The van der Waals surface area contributed by atoms with Crippen LogP contribution in [0.25, 0.3) is 6.08 Å². The molecule has 3 N–H and O–H groups in total. The van der Waals surface area contributed by atoms with Crippen molar-refractivity contribution in [3.63, 3.8) is 0 Å². The Hall–Kier alpha value is -2.73. The zero-order valence-corrected chi connectivity index (χ0v) is 16.0. The lowest BCUT2D eigenvalue weighted by atomic mass is 10.0. The molecule has 0 amide bonds. The number of hydrogen-bond donors (Lipinski definition) is 2. The van der Waals surface area contributed by atoms with E-state index in [-0.39, 0.29) is 15.9 Å². The number of hydrogen-bond acceptors (Lipinski definition) is 6. The molecule has 1 saturated heterocycles. The molecule has 0 unspecified atom stereocenters. The van der Waals surface area contributed by atoms with Crippen LogP contribution in [0.1, 0.15) is 46.2 Å². The minimum atomic E-state index is -0.230. The lowest BCUT2D eigenvalue weighted by Crippen LogP contribution is -2.51. The van der Waals surface area contributed by atoms with Gasteiger partial charge in [0, 0.05) is 41.7 Å². The normalized spacial score (nSPS) is 17.1. The van der Waals surface area contributed by atoms with Gasteiger partial charge in [-0.2, -0.15) is 0 Å². The Labute approximate surface area is 165 Å². The summed E-state index contributed by atoms with van der Waals surface area (Å²) in [6.07, 6.45) is 4.33. The van der Waals surface area contributed by atoms with Crippen LogP contribution in [0.5, 0.6) is 0 Å². The maximum absolute atomic E-state index is 13.0. The first-order chi connectivity index (χ1) is 13.0. The minimum Gasteiger partial charge on any atom is -0.383 e. The first-order valence-electron chi connectivity index (χ1n) is 9.36. The lowest BCUT2D eigenvalue weighted by Gasteiger charge is -2.35. The molecule has 1 aliphatic rings. The van der Waals surface area contributed by atoms with Crippen LogP contribution in [0.15, 0.2) is 37.0 Å². The summed E-state index contributed by atoms with van der Waals surface area (Å²) in [4.78, 5) is 24.0. The molecule has 27 heavy (non-hydrogen) atoms. The first-order valence-corrected chi connectivity index (χ1v) is 9.36. The maximum atomic E-state index is 13.0.